The number of pyridine rings is 1. The summed E-state index contributed by atoms with van der Waals surface area (Å²) in [6, 6.07) is 0.970. The molecule has 0 radical (unpaired) electrons. The van der Waals surface area contributed by atoms with Crippen LogP contribution < -0.4 is 5.32 Å². The monoisotopic (exact) mass is 273 g/mol. The van der Waals surface area contributed by atoms with Crippen LogP contribution in [0.5, 0.6) is 0 Å². The molecular weight excluding hydrogens is 258 g/mol. The van der Waals surface area contributed by atoms with Crippen LogP contribution in [0.4, 0.5) is 11.5 Å². The van der Waals surface area contributed by atoms with Crippen LogP contribution in [0.3, 0.4) is 0 Å². The fourth-order valence-corrected chi connectivity index (χ4v) is 1.77. The number of aliphatic hydroxyl groups excluding tert-OH is 1. The predicted octanol–water partition coefficient (Wildman–Crippen LogP) is 2.46. The van der Waals surface area contributed by atoms with Gasteiger partial charge < -0.3 is 10.4 Å². The van der Waals surface area contributed by atoms with Crippen molar-refractivity contribution in [3.05, 3.63) is 27.4 Å². The van der Waals surface area contributed by atoms with Crippen LogP contribution in [-0.2, 0) is 0 Å². The number of nitrogens with one attached hydrogen (secondary N) is 1. The molecule has 0 saturated carbocycles. The molecule has 0 amide bonds. The molecule has 1 aromatic rings. The highest BCUT2D eigenvalue weighted by molar-refractivity contribution is 6.30. The Hall–Kier alpha value is -1.40. The quantitative estimate of drug-likeness (QED) is 0.614. The largest absolute Gasteiger partial charge is 0.394 e. The Balaban J connectivity index is 2.91. The maximum absolute atomic E-state index is 10.9. The van der Waals surface area contributed by atoms with E-state index in [1.54, 1.807) is 0 Å². The molecule has 0 aliphatic carbocycles. The van der Waals surface area contributed by atoms with E-state index in [1.807, 2.05) is 13.8 Å². The number of aromatic nitrogens is 1. The van der Waals surface area contributed by atoms with Crippen molar-refractivity contribution in [2.75, 3.05) is 11.9 Å². The second kappa shape index (κ2) is 6.51. The number of halogens is 1. The SMILES string of the molecule is CC(C)CC(CO)Nc1ncc(Cl)cc1[N+](=O)[O-]. The van der Waals surface area contributed by atoms with E-state index in [2.05, 4.69) is 10.3 Å². The zero-order valence-electron chi connectivity index (χ0n) is 10.3. The van der Waals surface area contributed by atoms with Gasteiger partial charge in [0.2, 0.25) is 5.82 Å². The number of nitrogens with zero attached hydrogens (tertiary/aromatic N) is 2. The lowest BCUT2D eigenvalue weighted by molar-refractivity contribution is -0.384. The highest BCUT2D eigenvalue weighted by Gasteiger charge is 2.19. The number of hydrogen-bond donors (Lipinski definition) is 2. The minimum atomic E-state index is -0.551. The van der Waals surface area contributed by atoms with Crippen LogP contribution in [0.25, 0.3) is 0 Å². The Morgan fingerprint density at radius 3 is 2.78 bits per heavy atom. The summed E-state index contributed by atoms with van der Waals surface area (Å²) in [6.07, 6.45) is 2.03. The summed E-state index contributed by atoms with van der Waals surface area (Å²) in [4.78, 5) is 14.2. The van der Waals surface area contributed by atoms with Crippen molar-refractivity contribution in [3.63, 3.8) is 0 Å². The van der Waals surface area contributed by atoms with E-state index in [0.29, 0.717) is 12.3 Å². The molecular formula is C11H16ClN3O3. The van der Waals surface area contributed by atoms with Crippen molar-refractivity contribution in [3.8, 4) is 0 Å². The third kappa shape index (κ3) is 4.12. The Bertz CT molecular complexity index is 426. The summed E-state index contributed by atoms with van der Waals surface area (Å²) >= 11 is 5.67. The van der Waals surface area contributed by atoms with Gasteiger partial charge in [0, 0.05) is 12.3 Å². The number of nitro groups is 1. The summed E-state index contributed by atoms with van der Waals surface area (Å²) in [5.74, 6) is 0.491. The Morgan fingerprint density at radius 1 is 1.61 bits per heavy atom. The lowest BCUT2D eigenvalue weighted by Crippen LogP contribution is -2.26. The van der Waals surface area contributed by atoms with Crippen LogP contribution in [0.2, 0.25) is 5.02 Å². The zero-order chi connectivity index (χ0) is 13.7. The Kier molecular flexibility index (Phi) is 5.30. The van der Waals surface area contributed by atoms with E-state index in [-0.39, 0.29) is 29.2 Å². The van der Waals surface area contributed by atoms with Gasteiger partial charge in [0.25, 0.3) is 0 Å². The fraction of sp³-hybridized carbons (Fsp3) is 0.545. The first-order valence-electron chi connectivity index (χ1n) is 5.61. The standard InChI is InChI=1S/C11H16ClN3O3/c1-7(2)3-9(6-16)14-11-10(15(17)18)4-8(12)5-13-11/h4-5,7,9,16H,3,6H2,1-2H3,(H,13,14). The zero-order valence-corrected chi connectivity index (χ0v) is 11.0. The van der Waals surface area contributed by atoms with Crippen molar-refractivity contribution in [1.82, 2.24) is 4.98 Å². The third-order valence-electron chi connectivity index (χ3n) is 2.35. The summed E-state index contributed by atoms with van der Waals surface area (Å²) in [5, 5.41) is 23.2. The Labute approximate surface area is 110 Å². The van der Waals surface area contributed by atoms with E-state index < -0.39 is 4.92 Å². The first-order valence-corrected chi connectivity index (χ1v) is 5.99. The van der Waals surface area contributed by atoms with Gasteiger partial charge >= 0.3 is 5.69 Å². The number of hydrogen-bond acceptors (Lipinski definition) is 5. The topological polar surface area (TPSA) is 88.3 Å². The molecule has 1 unspecified atom stereocenters. The van der Waals surface area contributed by atoms with Crippen molar-refractivity contribution < 1.29 is 10.0 Å². The van der Waals surface area contributed by atoms with E-state index in [0.717, 1.165) is 0 Å². The van der Waals surface area contributed by atoms with Crippen LogP contribution in [0.1, 0.15) is 20.3 Å². The molecule has 0 aliphatic rings. The lowest BCUT2D eigenvalue weighted by Gasteiger charge is -2.18. The van der Waals surface area contributed by atoms with Crippen LogP contribution in [0, 0.1) is 16.0 Å². The van der Waals surface area contributed by atoms with Crippen molar-refractivity contribution >= 4 is 23.1 Å². The first kappa shape index (κ1) is 14.7. The number of anilines is 1. The summed E-state index contributed by atoms with van der Waals surface area (Å²) in [6.45, 7) is 3.90. The minimum absolute atomic E-state index is 0.111. The molecule has 0 fully saturated rings. The van der Waals surface area contributed by atoms with Gasteiger partial charge in [-0.3, -0.25) is 10.1 Å². The normalized spacial score (nSPS) is 12.5. The van der Waals surface area contributed by atoms with Gasteiger partial charge in [0.05, 0.1) is 22.6 Å². The van der Waals surface area contributed by atoms with Crippen LogP contribution >= 0.6 is 11.6 Å². The average molecular weight is 274 g/mol. The first-order chi connectivity index (χ1) is 8.43. The molecule has 1 heterocycles. The number of aliphatic hydroxyl groups is 1. The van der Waals surface area contributed by atoms with E-state index in [4.69, 9.17) is 11.6 Å². The fourth-order valence-electron chi connectivity index (χ4n) is 1.62. The van der Waals surface area contributed by atoms with Gasteiger partial charge in [0.1, 0.15) is 0 Å². The average Bonchev–Trinajstić information content (AvgIpc) is 2.29. The summed E-state index contributed by atoms with van der Waals surface area (Å²) in [7, 11) is 0. The maximum Gasteiger partial charge on any atom is 0.312 e. The van der Waals surface area contributed by atoms with Gasteiger partial charge in [0.15, 0.2) is 0 Å². The molecule has 0 aromatic carbocycles. The van der Waals surface area contributed by atoms with Crippen LogP contribution in [-0.4, -0.2) is 27.7 Å². The second-order valence-corrected chi connectivity index (χ2v) is 4.87. The molecule has 18 heavy (non-hydrogen) atoms. The lowest BCUT2D eigenvalue weighted by atomic mass is 10.0. The van der Waals surface area contributed by atoms with Crippen LogP contribution in [0.15, 0.2) is 12.3 Å². The Morgan fingerprint density at radius 2 is 2.28 bits per heavy atom. The maximum atomic E-state index is 10.9. The van der Waals surface area contributed by atoms with Gasteiger partial charge in [-0.2, -0.15) is 0 Å². The molecule has 100 valence electrons. The summed E-state index contributed by atoms with van der Waals surface area (Å²) in [5.41, 5.74) is -0.190. The van der Waals surface area contributed by atoms with Gasteiger partial charge in [-0.15, -0.1) is 0 Å². The van der Waals surface area contributed by atoms with Crippen molar-refractivity contribution in [2.24, 2.45) is 5.92 Å². The second-order valence-electron chi connectivity index (χ2n) is 4.43. The molecule has 0 saturated heterocycles. The molecule has 0 aliphatic heterocycles. The molecule has 0 spiro atoms. The third-order valence-corrected chi connectivity index (χ3v) is 2.55. The molecule has 1 aromatic heterocycles. The van der Waals surface area contributed by atoms with E-state index in [9.17, 15) is 15.2 Å². The minimum Gasteiger partial charge on any atom is -0.394 e. The van der Waals surface area contributed by atoms with E-state index >= 15 is 0 Å². The van der Waals surface area contributed by atoms with Gasteiger partial charge in [-0.25, -0.2) is 4.98 Å². The highest BCUT2D eigenvalue weighted by atomic mass is 35.5. The molecule has 7 heteroatoms. The molecule has 2 N–H and O–H groups in total. The van der Waals surface area contributed by atoms with E-state index in [1.165, 1.54) is 12.3 Å². The highest BCUT2D eigenvalue weighted by Crippen LogP contribution is 2.26. The number of rotatable bonds is 6. The molecule has 6 nitrogen and oxygen atoms in total. The molecule has 1 atom stereocenters. The molecule has 0 bridgehead atoms. The predicted molar refractivity (Wildman–Crippen MR) is 69.9 cm³/mol. The smallest absolute Gasteiger partial charge is 0.312 e. The molecule has 1 rings (SSSR count). The van der Waals surface area contributed by atoms with Crippen molar-refractivity contribution in [1.29, 1.82) is 0 Å². The van der Waals surface area contributed by atoms with Gasteiger partial charge in [-0.05, 0) is 12.3 Å². The summed E-state index contributed by atoms with van der Waals surface area (Å²) < 4.78 is 0. The van der Waals surface area contributed by atoms with Crippen molar-refractivity contribution in [2.45, 2.75) is 26.3 Å². The van der Waals surface area contributed by atoms with Gasteiger partial charge in [-0.1, -0.05) is 25.4 Å².